The summed E-state index contributed by atoms with van der Waals surface area (Å²) in [5, 5.41) is 4.58. The van der Waals surface area contributed by atoms with Crippen molar-refractivity contribution in [2.24, 2.45) is 0 Å². The molecule has 5 rings (SSSR count). The van der Waals surface area contributed by atoms with Crippen LogP contribution in [0.5, 0.6) is 0 Å². The summed E-state index contributed by atoms with van der Waals surface area (Å²) >= 11 is 0. The molecule has 3 aromatic carbocycles. The van der Waals surface area contributed by atoms with Gasteiger partial charge in [-0.05, 0) is 68.0 Å². The van der Waals surface area contributed by atoms with Crippen molar-refractivity contribution in [2.75, 3.05) is 6.54 Å². The highest BCUT2D eigenvalue weighted by molar-refractivity contribution is 5.94. The number of pyridine rings is 1. The zero-order valence-electron chi connectivity index (χ0n) is 21.4. The SMILES string of the molecule is Cc1cc(C)cc(C(=O)N[C@H]2CCN(Cc3ccnc4ccccc34)[C@H]([C@H](C)c3ccccc3)C2)c1. The van der Waals surface area contributed by atoms with E-state index in [1.54, 1.807) is 0 Å². The Kier molecular flexibility index (Phi) is 7.15. The molecule has 1 fully saturated rings. The molecule has 36 heavy (non-hydrogen) atoms. The third kappa shape index (κ3) is 5.34. The molecular weight excluding hydrogens is 442 g/mol. The summed E-state index contributed by atoms with van der Waals surface area (Å²) in [6.07, 6.45) is 3.79. The molecule has 4 aromatic rings. The second-order valence-corrected chi connectivity index (χ2v) is 10.3. The van der Waals surface area contributed by atoms with E-state index in [0.29, 0.717) is 12.0 Å². The number of hydrogen-bond donors (Lipinski definition) is 1. The normalized spacial score (nSPS) is 19.2. The standard InChI is InChI=1S/C32H35N3O/c1-22-17-23(2)19-27(18-22)32(36)34-28-14-16-35(31(20-28)24(3)25-9-5-4-6-10-25)21-26-13-15-33-30-12-8-7-11-29(26)30/h4-13,15,17-19,24,28,31H,14,16,20-21H2,1-3H3,(H,34,36)/t24-,28+,31+/m1/s1. The molecule has 0 spiro atoms. The van der Waals surface area contributed by atoms with Crippen molar-refractivity contribution >= 4 is 16.8 Å². The topological polar surface area (TPSA) is 45.2 Å². The third-order valence-electron chi connectivity index (χ3n) is 7.59. The average molecular weight is 478 g/mol. The monoisotopic (exact) mass is 477 g/mol. The number of carbonyl (C=O) groups is 1. The largest absolute Gasteiger partial charge is 0.349 e. The van der Waals surface area contributed by atoms with E-state index in [1.807, 2.05) is 38.2 Å². The van der Waals surface area contributed by atoms with Gasteiger partial charge in [-0.25, -0.2) is 0 Å². The molecule has 1 amide bonds. The molecule has 2 heterocycles. The van der Waals surface area contributed by atoms with Gasteiger partial charge in [0.1, 0.15) is 0 Å². The van der Waals surface area contributed by atoms with E-state index < -0.39 is 0 Å². The molecule has 1 aliphatic heterocycles. The molecule has 0 unspecified atom stereocenters. The summed E-state index contributed by atoms with van der Waals surface area (Å²) in [6.45, 7) is 8.23. The minimum Gasteiger partial charge on any atom is -0.349 e. The van der Waals surface area contributed by atoms with E-state index >= 15 is 0 Å². The molecule has 0 radical (unpaired) electrons. The lowest BCUT2D eigenvalue weighted by molar-refractivity contribution is 0.0806. The molecular formula is C32H35N3O. The number of aryl methyl sites for hydroxylation is 2. The number of rotatable bonds is 6. The number of para-hydroxylation sites is 1. The number of aromatic nitrogens is 1. The van der Waals surface area contributed by atoms with Crippen LogP contribution in [0, 0.1) is 13.8 Å². The Morgan fingerprint density at radius 2 is 1.72 bits per heavy atom. The Labute approximate surface area is 214 Å². The minimum atomic E-state index is 0.0338. The molecule has 0 bridgehead atoms. The number of hydrogen-bond acceptors (Lipinski definition) is 3. The summed E-state index contributed by atoms with van der Waals surface area (Å²) in [5.41, 5.74) is 6.69. The maximum atomic E-state index is 13.2. The first-order valence-corrected chi connectivity index (χ1v) is 13.0. The third-order valence-corrected chi connectivity index (χ3v) is 7.59. The van der Waals surface area contributed by atoms with Gasteiger partial charge < -0.3 is 5.32 Å². The summed E-state index contributed by atoms with van der Waals surface area (Å²) in [7, 11) is 0. The number of nitrogens with one attached hydrogen (secondary N) is 1. The van der Waals surface area contributed by atoms with E-state index in [1.165, 1.54) is 16.5 Å². The molecule has 0 aliphatic carbocycles. The zero-order chi connectivity index (χ0) is 25.1. The Hall–Kier alpha value is -3.50. The van der Waals surface area contributed by atoms with E-state index in [-0.39, 0.29) is 11.9 Å². The Balaban J connectivity index is 1.39. The van der Waals surface area contributed by atoms with Crippen LogP contribution in [0.25, 0.3) is 10.9 Å². The first kappa shape index (κ1) is 24.2. The van der Waals surface area contributed by atoms with Crippen molar-refractivity contribution in [1.82, 2.24) is 15.2 Å². The Morgan fingerprint density at radius 3 is 2.50 bits per heavy atom. The van der Waals surface area contributed by atoms with Gasteiger partial charge in [0, 0.05) is 42.3 Å². The van der Waals surface area contributed by atoms with Crippen LogP contribution < -0.4 is 5.32 Å². The highest BCUT2D eigenvalue weighted by Gasteiger charge is 2.33. The van der Waals surface area contributed by atoms with Crippen molar-refractivity contribution in [2.45, 2.75) is 58.2 Å². The molecule has 1 N–H and O–H groups in total. The number of fused-ring (bicyclic) bond motifs is 1. The summed E-state index contributed by atoms with van der Waals surface area (Å²) in [5.74, 6) is 0.381. The number of benzene rings is 3. The van der Waals surface area contributed by atoms with Crippen molar-refractivity contribution < 1.29 is 4.79 Å². The molecule has 184 valence electrons. The number of likely N-dealkylation sites (tertiary alicyclic amines) is 1. The van der Waals surface area contributed by atoms with Crippen LogP contribution in [-0.2, 0) is 6.54 Å². The highest BCUT2D eigenvalue weighted by atomic mass is 16.1. The fourth-order valence-corrected chi connectivity index (χ4v) is 5.76. The van der Waals surface area contributed by atoms with Gasteiger partial charge in [0.25, 0.3) is 5.91 Å². The molecule has 4 nitrogen and oxygen atoms in total. The van der Waals surface area contributed by atoms with E-state index in [9.17, 15) is 4.79 Å². The lowest BCUT2D eigenvalue weighted by Crippen LogP contribution is -2.51. The first-order valence-electron chi connectivity index (χ1n) is 13.0. The van der Waals surface area contributed by atoms with Crippen LogP contribution in [0.1, 0.15) is 58.3 Å². The molecule has 0 saturated carbocycles. The molecule has 3 atom stereocenters. The van der Waals surface area contributed by atoms with E-state index in [2.05, 4.69) is 82.8 Å². The molecule has 1 aromatic heterocycles. The number of carbonyl (C=O) groups excluding carboxylic acids is 1. The number of nitrogens with zero attached hydrogens (tertiary/aromatic N) is 2. The van der Waals surface area contributed by atoms with Crippen LogP contribution in [0.4, 0.5) is 0 Å². The maximum Gasteiger partial charge on any atom is 0.251 e. The first-order chi connectivity index (χ1) is 17.5. The van der Waals surface area contributed by atoms with Crippen LogP contribution in [-0.4, -0.2) is 34.4 Å². The Bertz CT molecular complexity index is 1320. The number of amides is 1. The van der Waals surface area contributed by atoms with Gasteiger partial charge in [-0.15, -0.1) is 0 Å². The second kappa shape index (κ2) is 10.6. The number of piperidine rings is 1. The van der Waals surface area contributed by atoms with Gasteiger partial charge in [0.2, 0.25) is 0 Å². The van der Waals surface area contributed by atoms with Crippen LogP contribution in [0.15, 0.2) is 85.1 Å². The minimum absolute atomic E-state index is 0.0338. The predicted octanol–water partition coefficient (Wildman–Crippen LogP) is 6.42. The van der Waals surface area contributed by atoms with Gasteiger partial charge >= 0.3 is 0 Å². The maximum absolute atomic E-state index is 13.2. The smallest absolute Gasteiger partial charge is 0.251 e. The summed E-state index contributed by atoms with van der Waals surface area (Å²) in [4.78, 5) is 20.3. The van der Waals surface area contributed by atoms with Crippen molar-refractivity contribution in [3.8, 4) is 0 Å². The quantitative estimate of drug-likeness (QED) is 0.349. The second-order valence-electron chi connectivity index (χ2n) is 10.3. The Morgan fingerprint density at radius 1 is 1.00 bits per heavy atom. The zero-order valence-corrected chi connectivity index (χ0v) is 21.4. The molecule has 1 saturated heterocycles. The van der Waals surface area contributed by atoms with E-state index in [0.717, 1.165) is 48.1 Å². The van der Waals surface area contributed by atoms with Crippen LogP contribution in [0.2, 0.25) is 0 Å². The molecule has 4 heteroatoms. The highest BCUT2D eigenvalue weighted by Crippen LogP contribution is 2.32. The van der Waals surface area contributed by atoms with E-state index in [4.69, 9.17) is 0 Å². The van der Waals surface area contributed by atoms with Crippen molar-refractivity contribution in [3.63, 3.8) is 0 Å². The lowest BCUT2D eigenvalue weighted by atomic mass is 9.84. The van der Waals surface area contributed by atoms with Crippen molar-refractivity contribution in [1.29, 1.82) is 0 Å². The van der Waals surface area contributed by atoms with Gasteiger partial charge in [-0.3, -0.25) is 14.7 Å². The van der Waals surface area contributed by atoms with Gasteiger partial charge in [-0.1, -0.05) is 72.6 Å². The van der Waals surface area contributed by atoms with Gasteiger partial charge in [0.15, 0.2) is 0 Å². The van der Waals surface area contributed by atoms with Crippen LogP contribution in [0.3, 0.4) is 0 Å². The fraction of sp³-hybridized carbons (Fsp3) is 0.312. The summed E-state index contributed by atoms with van der Waals surface area (Å²) < 4.78 is 0. The summed E-state index contributed by atoms with van der Waals surface area (Å²) in [6, 6.07) is 27.8. The fourth-order valence-electron chi connectivity index (χ4n) is 5.76. The van der Waals surface area contributed by atoms with Crippen molar-refractivity contribution in [3.05, 3.63) is 113 Å². The van der Waals surface area contributed by atoms with Gasteiger partial charge in [0.05, 0.1) is 5.52 Å². The van der Waals surface area contributed by atoms with Crippen LogP contribution >= 0.6 is 0 Å². The predicted molar refractivity (Wildman–Crippen MR) is 147 cm³/mol. The lowest BCUT2D eigenvalue weighted by Gasteiger charge is -2.43. The van der Waals surface area contributed by atoms with Gasteiger partial charge in [-0.2, -0.15) is 0 Å². The molecule has 1 aliphatic rings. The average Bonchev–Trinajstić information content (AvgIpc) is 2.89.